The zero-order valence-electron chi connectivity index (χ0n) is 8.87. The Hall–Kier alpha value is -2.58. The van der Waals surface area contributed by atoms with Crippen LogP contribution in [0, 0.1) is 15.3 Å². The van der Waals surface area contributed by atoms with Gasteiger partial charge in [-0.3, -0.25) is 14.7 Å². The molecule has 0 unspecified atom stereocenters. The van der Waals surface area contributed by atoms with Crippen molar-refractivity contribution in [1.82, 2.24) is 5.16 Å². The Balaban J connectivity index is 2.91. The van der Waals surface area contributed by atoms with Crippen LogP contribution in [0.25, 0.3) is 11.0 Å². The maximum Gasteiger partial charge on any atom is 0.328 e. The standard InChI is InChI=1S/C8H7N3O6/c1-15-5-3-4(10(12)13)7-6(8(5)16-2)9-17-11(7)14/h3H,1-2H3. The predicted octanol–water partition coefficient (Wildman–Crippen LogP) is 0.387. The number of nitrogens with zero attached hydrogens (tertiary/aromatic N) is 3. The average molecular weight is 241 g/mol. The van der Waals surface area contributed by atoms with Gasteiger partial charge < -0.3 is 14.7 Å². The van der Waals surface area contributed by atoms with Gasteiger partial charge in [-0.25, -0.2) is 0 Å². The summed E-state index contributed by atoms with van der Waals surface area (Å²) in [5.41, 5.74) is -0.838. The molecule has 1 heterocycles. The Bertz CT molecular complexity index is 592. The molecule has 17 heavy (non-hydrogen) atoms. The Morgan fingerprint density at radius 2 is 2.18 bits per heavy atom. The summed E-state index contributed by atoms with van der Waals surface area (Å²) in [6.45, 7) is 0. The summed E-state index contributed by atoms with van der Waals surface area (Å²) in [5, 5.41) is 25.5. The Kier molecular flexibility index (Phi) is 2.42. The number of hydrogen-bond donors (Lipinski definition) is 0. The van der Waals surface area contributed by atoms with Crippen molar-refractivity contribution in [2.75, 3.05) is 14.2 Å². The molecule has 0 N–H and O–H groups in total. The Labute approximate surface area is 93.8 Å². The van der Waals surface area contributed by atoms with Gasteiger partial charge in [0.15, 0.2) is 5.75 Å². The minimum absolute atomic E-state index is 0.0462. The molecule has 1 aromatic heterocycles. The lowest BCUT2D eigenvalue weighted by atomic mass is 10.2. The first-order chi connectivity index (χ1) is 8.10. The van der Waals surface area contributed by atoms with E-state index in [0.29, 0.717) is 0 Å². The van der Waals surface area contributed by atoms with E-state index in [9.17, 15) is 15.3 Å². The van der Waals surface area contributed by atoms with Crippen LogP contribution in [-0.2, 0) is 0 Å². The number of nitro groups is 1. The molecule has 2 rings (SSSR count). The van der Waals surface area contributed by atoms with Crippen molar-refractivity contribution < 1.29 is 23.9 Å². The molecule has 9 heteroatoms. The van der Waals surface area contributed by atoms with Gasteiger partial charge in [-0.05, 0) is 4.90 Å². The molecule has 0 aliphatic rings. The first-order valence-corrected chi connectivity index (χ1v) is 4.39. The molecule has 0 atom stereocenters. The summed E-state index contributed by atoms with van der Waals surface area (Å²) in [6.07, 6.45) is 0. The number of benzene rings is 1. The maximum absolute atomic E-state index is 11.3. The van der Waals surface area contributed by atoms with E-state index in [1.54, 1.807) is 0 Å². The summed E-state index contributed by atoms with van der Waals surface area (Å²) in [5.74, 6) is 0.201. The van der Waals surface area contributed by atoms with Crippen LogP contribution >= 0.6 is 0 Å². The summed E-state index contributed by atoms with van der Waals surface area (Å²) >= 11 is 0. The van der Waals surface area contributed by atoms with Crippen LogP contribution in [-0.4, -0.2) is 24.3 Å². The lowest BCUT2D eigenvalue weighted by Gasteiger charge is -2.04. The highest BCUT2D eigenvalue weighted by Gasteiger charge is 2.30. The van der Waals surface area contributed by atoms with Gasteiger partial charge in [0.25, 0.3) is 0 Å². The fourth-order valence-corrected chi connectivity index (χ4v) is 1.48. The molecule has 90 valence electrons. The Morgan fingerprint density at radius 1 is 1.47 bits per heavy atom. The number of nitro benzene ring substituents is 1. The van der Waals surface area contributed by atoms with Gasteiger partial charge in [-0.2, -0.15) is 0 Å². The minimum atomic E-state index is -0.726. The molecular weight excluding hydrogens is 234 g/mol. The minimum Gasteiger partial charge on any atom is -0.492 e. The monoisotopic (exact) mass is 241 g/mol. The molecule has 0 amide bonds. The summed E-state index contributed by atoms with van der Waals surface area (Å²) < 4.78 is 14.2. The van der Waals surface area contributed by atoms with Crippen LogP contribution in [0.4, 0.5) is 5.69 Å². The van der Waals surface area contributed by atoms with E-state index in [4.69, 9.17) is 9.47 Å². The predicted molar refractivity (Wildman–Crippen MR) is 52.7 cm³/mol. The number of fused-ring (bicyclic) bond motifs is 1. The number of aromatic nitrogens is 2. The van der Waals surface area contributed by atoms with Crippen molar-refractivity contribution in [2.45, 2.75) is 0 Å². The van der Waals surface area contributed by atoms with Crippen molar-refractivity contribution >= 4 is 16.7 Å². The van der Waals surface area contributed by atoms with Gasteiger partial charge in [0.1, 0.15) is 0 Å². The SMILES string of the molecule is COc1cc([N+](=O)[O-])c2c(no[n+]2[O-])c1OC. The third kappa shape index (κ3) is 1.48. The number of hydrogen-bond acceptors (Lipinski definition) is 7. The molecular formula is C8H7N3O6. The second-order valence-electron chi connectivity index (χ2n) is 3.02. The maximum atomic E-state index is 11.3. The molecule has 0 aliphatic heterocycles. The van der Waals surface area contributed by atoms with Crippen molar-refractivity contribution in [2.24, 2.45) is 0 Å². The topological polar surface area (TPSA) is 115 Å². The van der Waals surface area contributed by atoms with Crippen LogP contribution in [0.2, 0.25) is 0 Å². The molecule has 0 saturated heterocycles. The second-order valence-corrected chi connectivity index (χ2v) is 3.02. The fraction of sp³-hybridized carbons (Fsp3) is 0.250. The highest BCUT2D eigenvalue weighted by atomic mass is 16.8. The van der Waals surface area contributed by atoms with E-state index in [2.05, 4.69) is 9.79 Å². The molecule has 0 fully saturated rings. The molecule has 1 aromatic carbocycles. The second kappa shape index (κ2) is 3.77. The third-order valence-corrected chi connectivity index (χ3v) is 2.18. The first kappa shape index (κ1) is 10.9. The fourth-order valence-electron chi connectivity index (χ4n) is 1.48. The van der Waals surface area contributed by atoms with Gasteiger partial charge in [-0.1, -0.05) is 0 Å². The van der Waals surface area contributed by atoms with Crippen molar-refractivity contribution in [1.29, 1.82) is 0 Å². The van der Waals surface area contributed by atoms with Gasteiger partial charge in [0.2, 0.25) is 5.75 Å². The smallest absolute Gasteiger partial charge is 0.328 e. The first-order valence-electron chi connectivity index (χ1n) is 4.39. The van der Waals surface area contributed by atoms with Crippen LogP contribution < -0.4 is 14.4 Å². The van der Waals surface area contributed by atoms with E-state index in [-0.39, 0.29) is 27.4 Å². The largest absolute Gasteiger partial charge is 0.492 e. The van der Waals surface area contributed by atoms with Gasteiger partial charge in [0, 0.05) is 0 Å². The molecule has 0 radical (unpaired) electrons. The zero-order valence-corrected chi connectivity index (χ0v) is 8.87. The van der Waals surface area contributed by atoms with Crippen LogP contribution in [0.5, 0.6) is 11.5 Å². The van der Waals surface area contributed by atoms with E-state index in [0.717, 1.165) is 6.07 Å². The lowest BCUT2D eigenvalue weighted by molar-refractivity contribution is -0.783. The summed E-state index contributed by atoms with van der Waals surface area (Å²) in [6, 6.07) is 1.08. The van der Waals surface area contributed by atoms with E-state index in [1.807, 2.05) is 0 Å². The highest BCUT2D eigenvalue weighted by molar-refractivity contribution is 5.89. The van der Waals surface area contributed by atoms with Crippen molar-refractivity contribution in [3.63, 3.8) is 0 Å². The van der Waals surface area contributed by atoms with Gasteiger partial charge in [-0.15, -0.1) is 0 Å². The Morgan fingerprint density at radius 3 is 2.71 bits per heavy atom. The quantitative estimate of drug-likeness (QED) is 0.433. The third-order valence-electron chi connectivity index (χ3n) is 2.18. The van der Waals surface area contributed by atoms with Crippen molar-refractivity contribution in [3.8, 4) is 11.5 Å². The van der Waals surface area contributed by atoms with E-state index >= 15 is 0 Å². The summed E-state index contributed by atoms with van der Waals surface area (Å²) in [7, 11) is 2.64. The molecule has 0 aliphatic carbocycles. The zero-order chi connectivity index (χ0) is 12.6. The molecule has 2 aromatic rings. The average Bonchev–Trinajstić information content (AvgIpc) is 2.69. The van der Waals surface area contributed by atoms with Gasteiger partial charge in [0.05, 0.1) is 30.4 Å². The molecule has 9 nitrogen and oxygen atoms in total. The highest BCUT2D eigenvalue weighted by Crippen LogP contribution is 2.38. The lowest BCUT2D eigenvalue weighted by Crippen LogP contribution is -2.23. The summed E-state index contributed by atoms with van der Waals surface area (Å²) in [4.78, 5) is 10.0. The number of methoxy groups -OCH3 is 2. The number of ether oxygens (including phenoxy) is 2. The molecule has 0 spiro atoms. The number of rotatable bonds is 3. The molecule has 0 saturated carbocycles. The van der Waals surface area contributed by atoms with Gasteiger partial charge >= 0.3 is 16.7 Å². The van der Waals surface area contributed by atoms with E-state index in [1.165, 1.54) is 14.2 Å². The van der Waals surface area contributed by atoms with Crippen molar-refractivity contribution in [3.05, 3.63) is 21.4 Å². The number of non-ortho nitro benzene ring substituents is 1. The normalized spacial score (nSPS) is 10.5. The van der Waals surface area contributed by atoms with Crippen LogP contribution in [0.15, 0.2) is 10.7 Å². The molecule has 0 bridgehead atoms. The van der Waals surface area contributed by atoms with E-state index < -0.39 is 10.6 Å². The van der Waals surface area contributed by atoms with Crippen LogP contribution in [0.1, 0.15) is 0 Å². The van der Waals surface area contributed by atoms with Crippen LogP contribution in [0.3, 0.4) is 0 Å².